The minimum atomic E-state index is -0.923. The molecule has 0 saturated heterocycles. The Labute approximate surface area is 129 Å². The van der Waals surface area contributed by atoms with Crippen LogP contribution in [-0.4, -0.2) is 45.6 Å². The van der Waals surface area contributed by atoms with Gasteiger partial charge in [-0.3, -0.25) is 9.59 Å². The maximum absolute atomic E-state index is 12.3. The zero-order valence-corrected chi connectivity index (χ0v) is 13.1. The molecule has 4 aliphatic rings. The Bertz CT molecular complexity index is 483. The van der Waals surface area contributed by atoms with Crippen molar-refractivity contribution in [1.29, 1.82) is 0 Å². The molecule has 0 aromatic heterocycles. The van der Waals surface area contributed by atoms with Gasteiger partial charge in [-0.1, -0.05) is 0 Å². The van der Waals surface area contributed by atoms with Gasteiger partial charge in [-0.2, -0.15) is 0 Å². The number of aliphatic hydroxyl groups is 2. The highest BCUT2D eigenvalue weighted by atomic mass is 16.6. The van der Waals surface area contributed by atoms with Crippen LogP contribution in [0.3, 0.4) is 0 Å². The van der Waals surface area contributed by atoms with Crippen molar-refractivity contribution in [3.63, 3.8) is 0 Å². The second-order valence-corrected chi connectivity index (χ2v) is 7.77. The van der Waals surface area contributed by atoms with E-state index in [9.17, 15) is 19.8 Å². The number of hydrogen-bond donors (Lipinski definition) is 2. The van der Waals surface area contributed by atoms with Gasteiger partial charge in [0.2, 0.25) is 0 Å². The highest BCUT2D eigenvalue weighted by Crippen LogP contribution is 2.60. The van der Waals surface area contributed by atoms with Crippen molar-refractivity contribution in [1.82, 2.24) is 0 Å². The van der Waals surface area contributed by atoms with E-state index in [2.05, 4.69) is 0 Å². The Morgan fingerprint density at radius 3 is 2.23 bits per heavy atom. The number of esters is 2. The molecule has 4 fully saturated rings. The second-order valence-electron chi connectivity index (χ2n) is 7.77. The molecule has 6 nitrogen and oxygen atoms in total. The van der Waals surface area contributed by atoms with E-state index in [4.69, 9.17) is 9.47 Å². The van der Waals surface area contributed by atoms with E-state index < -0.39 is 34.7 Å². The second kappa shape index (κ2) is 4.93. The van der Waals surface area contributed by atoms with Crippen LogP contribution in [0.4, 0.5) is 0 Å². The number of carbonyl (C=O) groups excluding carboxylic acids is 2. The summed E-state index contributed by atoms with van der Waals surface area (Å²) >= 11 is 0. The van der Waals surface area contributed by atoms with Gasteiger partial charge in [0, 0.05) is 26.2 Å². The number of carbonyl (C=O) groups is 2. The number of rotatable bonds is 4. The van der Waals surface area contributed by atoms with Crippen molar-refractivity contribution in [2.45, 2.75) is 69.2 Å². The largest absolute Gasteiger partial charge is 0.465 e. The molecule has 0 aromatic carbocycles. The predicted octanol–water partition coefficient (Wildman–Crippen LogP) is 0.927. The molecule has 6 heteroatoms. The van der Waals surface area contributed by atoms with E-state index in [1.807, 2.05) is 0 Å². The molecule has 2 N–H and O–H groups in total. The molecule has 4 aliphatic carbocycles. The Morgan fingerprint density at radius 2 is 1.73 bits per heavy atom. The molecule has 0 aliphatic heterocycles. The molecule has 4 saturated carbocycles. The summed E-state index contributed by atoms with van der Waals surface area (Å²) in [5.74, 6) is -1.22. The van der Waals surface area contributed by atoms with Gasteiger partial charge in [0.25, 0.3) is 0 Å². The van der Waals surface area contributed by atoms with Crippen molar-refractivity contribution in [2.75, 3.05) is 6.61 Å². The molecule has 4 rings (SSSR count). The summed E-state index contributed by atoms with van der Waals surface area (Å²) in [5.41, 5.74) is -2.62. The van der Waals surface area contributed by atoms with E-state index in [1.54, 1.807) is 6.92 Å². The van der Waals surface area contributed by atoms with Crippen LogP contribution in [-0.2, 0) is 19.1 Å². The van der Waals surface area contributed by atoms with Gasteiger partial charge in [-0.05, 0) is 32.1 Å². The summed E-state index contributed by atoms with van der Waals surface area (Å²) in [5, 5.41) is 21.3. The van der Waals surface area contributed by atoms with Crippen molar-refractivity contribution < 1.29 is 29.3 Å². The average molecular weight is 312 g/mol. The fraction of sp³-hybridized carbons (Fsp3) is 0.875. The predicted molar refractivity (Wildman–Crippen MR) is 75.7 cm³/mol. The summed E-state index contributed by atoms with van der Waals surface area (Å²) in [6.07, 6.45) is 3.22. The summed E-state index contributed by atoms with van der Waals surface area (Å²) in [6, 6.07) is 0. The molecule has 3 unspecified atom stereocenters. The van der Waals surface area contributed by atoms with E-state index in [0.29, 0.717) is 38.5 Å². The van der Waals surface area contributed by atoms with E-state index in [-0.39, 0.29) is 12.5 Å². The average Bonchev–Trinajstić information content (AvgIpc) is 2.30. The Kier molecular flexibility index (Phi) is 3.53. The van der Waals surface area contributed by atoms with E-state index in [0.717, 1.165) is 0 Å². The first kappa shape index (κ1) is 15.7. The molecule has 22 heavy (non-hydrogen) atoms. The normalized spacial score (nSPS) is 43.7. The third-order valence-corrected chi connectivity index (χ3v) is 5.21. The molecule has 0 radical (unpaired) electrons. The third-order valence-electron chi connectivity index (χ3n) is 5.21. The van der Waals surface area contributed by atoms with Gasteiger partial charge in [-0.15, -0.1) is 0 Å². The molecule has 0 heterocycles. The highest BCUT2D eigenvalue weighted by molar-refractivity contribution is 5.73. The lowest BCUT2D eigenvalue weighted by atomic mass is 9.50. The Morgan fingerprint density at radius 1 is 1.14 bits per heavy atom. The maximum atomic E-state index is 12.3. The van der Waals surface area contributed by atoms with Crippen LogP contribution in [0, 0.1) is 11.8 Å². The van der Waals surface area contributed by atoms with Gasteiger partial charge in [0.15, 0.2) is 0 Å². The van der Waals surface area contributed by atoms with Crippen molar-refractivity contribution in [3.05, 3.63) is 0 Å². The fourth-order valence-electron chi connectivity index (χ4n) is 4.99. The number of hydrogen-bond acceptors (Lipinski definition) is 6. The topological polar surface area (TPSA) is 93.1 Å². The van der Waals surface area contributed by atoms with Crippen LogP contribution >= 0.6 is 0 Å². The molecule has 4 bridgehead atoms. The maximum Gasteiger partial charge on any atom is 0.312 e. The summed E-state index contributed by atoms with van der Waals surface area (Å²) < 4.78 is 10.6. The lowest BCUT2D eigenvalue weighted by Gasteiger charge is -2.62. The number of ether oxygens (including phenoxy) is 2. The minimum Gasteiger partial charge on any atom is -0.465 e. The van der Waals surface area contributed by atoms with Crippen LogP contribution < -0.4 is 0 Å². The van der Waals surface area contributed by atoms with Gasteiger partial charge < -0.3 is 19.7 Å². The van der Waals surface area contributed by atoms with Crippen molar-refractivity contribution in [2.24, 2.45) is 11.8 Å². The SMILES string of the molecule is CC(=O)OCC(C)C(=O)OC12CC3CC(O)(CC(O)(C3)C1)C2. The highest BCUT2D eigenvalue weighted by Gasteiger charge is 2.64. The first-order chi connectivity index (χ1) is 10.1. The zero-order valence-electron chi connectivity index (χ0n) is 13.1. The van der Waals surface area contributed by atoms with Gasteiger partial charge >= 0.3 is 11.9 Å². The first-order valence-corrected chi connectivity index (χ1v) is 7.94. The van der Waals surface area contributed by atoms with Gasteiger partial charge in [-0.25, -0.2) is 0 Å². The zero-order chi connectivity index (χ0) is 16.2. The Balaban J connectivity index is 1.69. The van der Waals surface area contributed by atoms with Crippen LogP contribution in [0.25, 0.3) is 0 Å². The van der Waals surface area contributed by atoms with Crippen LogP contribution in [0.5, 0.6) is 0 Å². The van der Waals surface area contributed by atoms with E-state index in [1.165, 1.54) is 6.92 Å². The lowest BCUT2D eigenvalue weighted by molar-refractivity contribution is -0.262. The lowest BCUT2D eigenvalue weighted by Crippen LogP contribution is -2.67. The fourth-order valence-corrected chi connectivity index (χ4v) is 4.99. The molecule has 0 amide bonds. The van der Waals surface area contributed by atoms with Crippen LogP contribution in [0.15, 0.2) is 0 Å². The smallest absolute Gasteiger partial charge is 0.312 e. The molecule has 124 valence electrons. The monoisotopic (exact) mass is 312 g/mol. The van der Waals surface area contributed by atoms with Gasteiger partial charge in [0.05, 0.1) is 17.1 Å². The molecular formula is C16H24O6. The quantitative estimate of drug-likeness (QED) is 0.750. The Hall–Kier alpha value is -1.14. The van der Waals surface area contributed by atoms with Crippen LogP contribution in [0.1, 0.15) is 52.4 Å². The minimum absolute atomic E-state index is 0.0117. The summed E-state index contributed by atoms with van der Waals surface area (Å²) in [4.78, 5) is 23.1. The standard InChI is InChI=1S/C16H24O6/c1-10(6-21-11(2)17)13(18)22-16-5-12-3-14(19,8-16)7-15(20,4-12)9-16/h10,12,19-20H,3-9H2,1-2H3. The molecule has 3 atom stereocenters. The molecule has 0 aromatic rings. The molecular weight excluding hydrogens is 288 g/mol. The van der Waals surface area contributed by atoms with Crippen LogP contribution in [0.2, 0.25) is 0 Å². The summed E-state index contributed by atoms with van der Waals surface area (Å²) in [7, 11) is 0. The summed E-state index contributed by atoms with van der Waals surface area (Å²) in [6.45, 7) is 2.93. The van der Waals surface area contributed by atoms with E-state index >= 15 is 0 Å². The first-order valence-electron chi connectivity index (χ1n) is 7.94. The third kappa shape index (κ3) is 2.86. The molecule has 0 spiro atoms. The van der Waals surface area contributed by atoms with Crippen molar-refractivity contribution >= 4 is 11.9 Å². The van der Waals surface area contributed by atoms with Gasteiger partial charge in [0.1, 0.15) is 12.2 Å². The van der Waals surface area contributed by atoms with Crippen molar-refractivity contribution in [3.8, 4) is 0 Å².